The van der Waals surface area contributed by atoms with Crippen LogP contribution in [0.5, 0.6) is 0 Å². The third-order valence-electron chi connectivity index (χ3n) is 1.57. The molecule has 0 N–H and O–H groups in total. The van der Waals surface area contributed by atoms with E-state index in [0.717, 1.165) is 22.5 Å². The Morgan fingerprint density at radius 3 is 2.87 bits per heavy atom. The SMILES string of the molecule is COCc1cc(Cl)ccc1SOC(C)=O. The van der Waals surface area contributed by atoms with Crippen molar-refractivity contribution in [2.45, 2.75) is 18.4 Å². The largest absolute Gasteiger partial charge is 0.386 e. The molecule has 0 aliphatic carbocycles. The number of carbonyl (C=O) groups excluding carboxylic acids is 1. The van der Waals surface area contributed by atoms with Crippen molar-refractivity contribution in [1.82, 2.24) is 0 Å². The molecule has 0 aliphatic heterocycles. The predicted octanol–water partition coefficient (Wildman–Crippen LogP) is 3.06. The highest BCUT2D eigenvalue weighted by Crippen LogP contribution is 2.27. The first-order valence-electron chi connectivity index (χ1n) is 4.26. The molecule has 3 nitrogen and oxygen atoms in total. The lowest BCUT2D eigenvalue weighted by molar-refractivity contribution is -0.130. The van der Waals surface area contributed by atoms with Gasteiger partial charge in [0.25, 0.3) is 0 Å². The fourth-order valence-electron chi connectivity index (χ4n) is 1.00. The summed E-state index contributed by atoms with van der Waals surface area (Å²) in [6, 6.07) is 5.33. The molecule has 0 radical (unpaired) electrons. The summed E-state index contributed by atoms with van der Waals surface area (Å²) >= 11 is 6.86. The van der Waals surface area contributed by atoms with E-state index in [1.165, 1.54) is 6.92 Å². The summed E-state index contributed by atoms with van der Waals surface area (Å²) in [6.07, 6.45) is 0. The van der Waals surface area contributed by atoms with E-state index < -0.39 is 0 Å². The zero-order valence-corrected chi connectivity index (χ0v) is 10.0. The molecule has 0 spiro atoms. The summed E-state index contributed by atoms with van der Waals surface area (Å²) in [4.78, 5) is 11.5. The number of halogens is 1. The minimum atomic E-state index is -0.335. The van der Waals surface area contributed by atoms with E-state index in [4.69, 9.17) is 20.5 Å². The molecule has 0 saturated heterocycles. The van der Waals surface area contributed by atoms with Crippen LogP contribution in [0.25, 0.3) is 0 Å². The molecule has 0 aromatic heterocycles. The summed E-state index contributed by atoms with van der Waals surface area (Å²) in [7, 11) is 1.60. The number of hydrogen-bond acceptors (Lipinski definition) is 4. The lowest BCUT2D eigenvalue weighted by Gasteiger charge is -2.07. The minimum absolute atomic E-state index is 0.335. The van der Waals surface area contributed by atoms with Gasteiger partial charge in [-0.05, 0) is 23.8 Å². The molecule has 0 atom stereocenters. The average Bonchev–Trinajstić information content (AvgIpc) is 2.17. The van der Waals surface area contributed by atoms with Crippen molar-refractivity contribution in [2.24, 2.45) is 0 Å². The molecule has 0 amide bonds. The highest BCUT2D eigenvalue weighted by Gasteiger charge is 2.06. The van der Waals surface area contributed by atoms with Gasteiger partial charge in [-0.3, -0.25) is 4.79 Å². The number of rotatable bonds is 4. The smallest absolute Gasteiger partial charge is 0.315 e. The number of hydrogen-bond donors (Lipinski definition) is 0. The molecule has 0 unspecified atom stereocenters. The molecule has 0 saturated carbocycles. The molecular formula is C10H11ClO3S. The molecule has 15 heavy (non-hydrogen) atoms. The molecule has 0 heterocycles. The first-order chi connectivity index (χ1) is 7.13. The van der Waals surface area contributed by atoms with E-state index in [9.17, 15) is 4.79 Å². The summed E-state index contributed by atoms with van der Waals surface area (Å²) in [5.74, 6) is -0.335. The zero-order chi connectivity index (χ0) is 11.3. The fraction of sp³-hybridized carbons (Fsp3) is 0.300. The van der Waals surface area contributed by atoms with Crippen LogP contribution in [0.15, 0.2) is 23.1 Å². The van der Waals surface area contributed by atoms with Crippen LogP contribution in [0.2, 0.25) is 5.02 Å². The second-order valence-electron chi connectivity index (χ2n) is 2.84. The van der Waals surface area contributed by atoms with Crippen molar-refractivity contribution >= 4 is 29.6 Å². The Kier molecular flexibility index (Phi) is 4.94. The van der Waals surface area contributed by atoms with Crippen LogP contribution in [-0.2, 0) is 20.3 Å². The molecule has 5 heteroatoms. The van der Waals surface area contributed by atoms with Gasteiger partial charge in [-0.25, -0.2) is 0 Å². The summed E-state index contributed by atoms with van der Waals surface area (Å²) in [6.45, 7) is 1.79. The topological polar surface area (TPSA) is 35.5 Å². The molecule has 1 rings (SSSR count). The van der Waals surface area contributed by atoms with Crippen LogP contribution in [0, 0.1) is 0 Å². The first kappa shape index (κ1) is 12.4. The molecule has 0 bridgehead atoms. The van der Waals surface area contributed by atoms with E-state index in [2.05, 4.69) is 0 Å². The number of methoxy groups -OCH3 is 1. The maximum Gasteiger partial charge on any atom is 0.315 e. The minimum Gasteiger partial charge on any atom is -0.386 e. The molecule has 82 valence electrons. The van der Waals surface area contributed by atoms with Crippen LogP contribution < -0.4 is 0 Å². The van der Waals surface area contributed by atoms with E-state index in [1.807, 2.05) is 0 Å². The maximum atomic E-state index is 10.7. The van der Waals surface area contributed by atoms with Gasteiger partial charge in [0.15, 0.2) is 0 Å². The molecule has 1 aromatic rings. The number of benzene rings is 1. The molecule has 0 aliphatic rings. The van der Waals surface area contributed by atoms with Gasteiger partial charge in [0.05, 0.1) is 23.5 Å². The molecular weight excluding hydrogens is 236 g/mol. The predicted molar refractivity (Wildman–Crippen MR) is 59.8 cm³/mol. The van der Waals surface area contributed by atoms with Gasteiger partial charge in [-0.2, -0.15) is 0 Å². The standard InChI is InChI=1S/C10H11ClO3S/c1-7(12)14-15-10-4-3-9(11)5-8(10)6-13-2/h3-5H,6H2,1-2H3. The van der Waals surface area contributed by atoms with E-state index >= 15 is 0 Å². The van der Waals surface area contributed by atoms with Crippen molar-refractivity contribution in [1.29, 1.82) is 0 Å². The van der Waals surface area contributed by atoms with Crippen LogP contribution in [0.1, 0.15) is 12.5 Å². The maximum absolute atomic E-state index is 10.7. The lowest BCUT2D eigenvalue weighted by Crippen LogP contribution is -1.94. The Morgan fingerprint density at radius 2 is 2.27 bits per heavy atom. The Hall–Kier alpha value is -0.710. The van der Waals surface area contributed by atoms with Crippen LogP contribution in [0.4, 0.5) is 0 Å². The highest BCUT2D eigenvalue weighted by atomic mass is 35.5. The average molecular weight is 247 g/mol. The van der Waals surface area contributed by atoms with Crippen molar-refractivity contribution in [3.8, 4) is 0 Å². The van der Waals surface area contributed by atoms with Crippen LogP contribution in [-0.4, -0.2) is 13.1 Å². The van der Waals surface area contributed by atoms with Crippen molar-refractivity contribution < 1.29 is 13.7 Å². The van der Waals surface area contributed by atoms with Gasteiger partial charge in [-0.15, -0.1) is 0 Å². The zero-order valence-electron chi connectivity index (χ0n) is 8.45. The van der Waals surface area contributed by atoms with Crippen molar-refractivity contribution in [3.05, 3.63) is 28.8 Å². The summed E-state index contributed by atoms with van der Waals surface area (Å²) in [5.41, 5.74) is 0.899. The summed E-state index contributed by atoms with van der Waals surface area (Å²) in [5, 5.41) is 0.634. The Bertz CT molecular complexity index is 355. The normalized spacial score (nSPS) is 10.1. The highest BCUT2D eigenvalue weighted by molar-refractivity contribution is 7.95. The molecule has 0 fully saturated rings. The summed E-state index contributed by atoms with van der Waals surface area (Å²) < 4.78 is 9.85. The quantitative estimate of drug-likeness (QED) is 0.765. The van der Waals surface area contributed by atoms with Crippen LogP contribution >= 0.6 is 23.6 Å². The van der Waals surface area contributed by atoms with Gasteiger partial charge in [-0.1, -0.05) is 11.6 Å². The Labute approximate surface area is 97.9 Å². The van der Waals surface area contributed by atoms with Crippen LogP contribution in [0.3, 0.4) is 0 Å². The van der Waals surface area contributed by atoms with Gasteiger partial charge in [0.1, 0.15) is 0 Å². The van der Waals surface area contributed by atoms with E-state index in [1.54, 1.807) is 25.3 Å². The first-order valence-corrected chi connectivity index (χ1v) is 5.38. The molecule has 1 aromatic carbocycles. The number of carbonyl (C=O) groups is 1. The van der Waals surface area contributed by atoms with E-state index in [0.29, 0.717) is 11.6 Å². The second kappa shape index (κ2) is 6.00. The van der Waals surface area contributed by atoms with Crippen molar-refractivity contribution in [2.75, 3.05) is 7.11 Å². The third kappa shape index (κ3) is 4.11. The second-order valence-corrected chi connectivity index (χ2v) is 4.05. The van der Waals surface area contributed by atoms with Crippen molar-refractivity contribution in [3.63, 3.8) is 0 Å². The third-order valence-corrected chi connectivity index (χ3v) is 2.70. The Balaban J connectivity index is 2.80. The Morgan fingerprint density at radius 1 is 1.53 bits per heavy atom. The van der Waals surface area contributed by atoms with Gasteiger partial charge < -0.3 is 8.92 Å². The monoisotopic (exact) mass is 246 g/mol. The lowest BCUT2D eigenvalue weighted by atomic mass is 10.2. The van der Waals surface area contributed by atoms with Gasteiger partial charge >= 0.3 is 5.97 Å². The fourth-order valence-corrected chi connectivity index (χ4v) is 1.75. The van der Waals surface area contributed by atoms with E-state index in [-0.39, 0.29) is 5.97 Å². The van der Waals surface area contributed by atoms with Gasteiger partial charge in [0, 0.05) is 19.1 Å². The number of ether oxygens (including phenoxy) is 1. The van der Waals surface area contributed by atoms with Gasteiger partial charge in [0.2, 0.25) is 0 Å².